The SMILES string of the molecule is COc1ccc(C(=O)O)cc1COCc1c(C)noc1C. The third kappa shape index (κ3) is 3.41. The number of rotatable bonds is 6. The molecule has 0 aliphatic heterocycles. The Morgan fingerprint density at radius 1 is 1.33 bits per heavy atom. The van der Waals surface area contributed by atoms with Crippen LogP contribution in [0.2, 0.25) is 0 Å². The van der Waals surface area contributed by atoms with Crippen LogP contribution in [0, 0.1) is 13.8 Å². The zero-order valence-electron chi connectivity index (χ0n) is 12.2. The molecule has 0 spiro atoms. The Morgan fingerprint density at radius 3 is 2.67 bits per heavy atom. The minimum absolute atomic E-state index is 0.201. The van der Waals surface area contributed by atoms with Crippen molar-refractivity contribution >= 4 is 5.97 Å². The molecule has 1 N–H and O–H groups in total. The van der Waals surface area contributed by atoms with Crippen LogP contribution in [0.3, 0.4) is 0 Å². The molecule has 0 bridgehead atoms. The Kier molecular flexibility index (Phi) is 4.59. The van der Waals surface area contributed by atoms with Gasteiger partial charge in [0.15, 0.2) is 0 Å². The molecule has 112 valence electrons. The van der Waals surface area contributed by atoms with Crippen LogP contribution in [-0.2, 0) is 18.0 Å². The molecule has 0 saturated heterocycles. The summed E-state index contributed by atoms with van der Waals surface area (Å²) in [6.45, 7) is 4.27. The van der Waals surface area contributed by atoms with Crippen molar-refractivity contribution < 1.29 is 23.9 Å². The van der Waals surface area contributed by atoms with Crippen molar-refractivity contribution in [2.24, 2.45) is 0 Å². The average molecular weight is 291 g/mol. The first kappa shape index (κ1) is 15.1. The molecule has 0 aliphatic carbocycles. The molecule has 0 atom stereocenters. The summed E-state index contributed by atoms with van der Waals surface area (Å²) in [6.07, 6.45) is 0. The lowest BCUT2D eigenvalue weighted by atomic mass is 10.1. The summed E-state index contributed by atoms with van der Waals surface area (Å²) in [5.41, 5.74) is 2.58. The van der Waals surface area contributed by atoms with E-state index in [-0.39, 0.29) is 12.2 Å². The van der Waals surface area contributed by atoms with Crippen LogP contribution in [0.5, 0.6) is 5.75 Å². The van der Waals surface area contributed by atoms with Crippen molar-refractivity contribution in [3.05, 3.63) is 46.3 Å². The van der Waals surface area contributed by atoms with E-state index in [0.717, 1.165) is 17.0 Å². The number of ether oxygens (including phenoxy) is 2. The normalized spacial score (nSPS) is 10.6. The second-order valence-electron chi connectivity index (χ2n) is 4.63. The van der Waals surface area contributed by atoms with Gasteiger partial charge in [-0.3, -0.25) is 0 Å². The molecule has 6 heteroatoms. The third-order valence-electron chi connectivity index (χ3n) is 3.21. The van der Waals surface area contributed by atoms with Gasteiger partial charge in [0, 0.05) is 11.1 Å². The summed E-state index contributed by atoms with van der Waals surface area (Å²) in [6, 6.07) is 4.67. The zero-order chi connectivity index (χ0) is 15.4. The maximum Gasteiger partial charge on any atom is 0.335 e. The van der Waals surface area contributed by atoms with Gasteiger partial charge in [-0.05, 0) is 32.0 Å². The largest absolute Gasteiger partial charge is 0.496 e. The van der Waals surface area contributed by atoms with Gasteiger partial charge in [0.2, 0.25) is 0 Å². The molecule has 1 heterocycles. The van der Waals surface area contributed by atoms with E-state index in [4.69, 9.17) is 19.1 Å². The van der Waals surface area contributed by atoms with Crippen LogP contribution in [0.1, 0.15) is 32.9 Å². The fraction of sp³-hybridized carbons (Fsp3) is 0.333. The number of nitrogens with zero attached hydrogens (tertiary/aromatic N) is 1. The molecule has 0 fully saturated rings. The third-order valence-corrected chi connectivity index (χ3v) is 3.21. The van der Waals surface area contributed by atoms with Crippen molar-refractivity contribution in [3.63, 3.8) is 0 Å². The van der Waals surface area contributed by atoms with E-state index in [0.29, 0.717) is 17.9 Å². The van der Waals surface area contributed by atoms with Crippen LogP contribution in [0.4, 0.5) is 0 Å². The summed E-state index contributed by atoms with van der Waals surface area (Å²) in [5.74, 6) is 0.335. The van der Waals surface area contributed by atoms with E-state index < -0.39 is 5.97 Å². The molecule has 6 nitrogen and oxygen atoms in total. The van der Waals surface area contributed by atoms with Gasteiger partial charge in [-0.2, -0.15) is 0 Å². The van der Waals surface area contributed by atoms with Gasteiger partial charge in [-0.15, -0.1) is 0 Å². The second-order valence-corrected chi connectivity index (χ2v) is 4.63. The van der Waals surface area contributed by atoms with Crippen LogP contribution < -0.4 is 4.74 Å². The topological polar surface area (TPSA) is 81.8 Å². The summed E-state index contributed by atoms with van der Waals surface area (Å²) in [5, 5.41) is 12.9. The van der Waals surface area contributed by atoms with E-state index in [1.807, 2.05) is 13.8 Å². The second kappa shape index (κ2) is 6.41. The first-order chi connectivity index (χ1) is 10.0. The van der Waals surface area contributed by atoms with Gasteiger partial charge in [0.05, 0.1) is 31.6 Å². The maximum atomic E-state index is 11.0. The fourth-order valence-electron chi connectivity index (χ4n) is 2.00. The Bertz CT molecular complexity index is 628. The lowest BCUT2D eigenvalue weighted by molar-refractivity contribution is 0.0696. The number of hydrogen-bond donors (Lipinski definition) is 1. The number of methoxy groups -OCH3 is 1. The highest BCUT2D eigenvalue weighted by molar-refractivity contribution is 5.88. The smallest absolute Gasteiger partial charge is 0.335 e. The van der Waals surface area contributed by atoms with Crippen molar-refractivity contribution in [2.75, 3.05) is 7.11 Å². The first-order valence-electron chi connectivity index (χ1n) is 6.42. The molecule has 2 aromatic rings. The highest BCUT2D eigenvalue weighted by atomic mass is 16.5. The highest BCUT2D eigenvalue weighted by Crippen LogP contribution is 2.22. The Morgan fingerprint density at radius 2 is 2.10 bits per heavy atom. The molecule has 0 unspecified atom stereocenters. The van der Waals surface area contributed by atoms with Gasteiger partial charge in [-0.25, -0.2) is 4.79 Å². The van der Waals surface area contributed by atoms with Crippen molar-refractivity contribution in [3.8, 4) is 5.75 Å². The lowest BCUT2D eigenvalue weighted by Gasteiger charge is -2.10. The van der Waals surface area contributed by atoms with Crippen LogP contribution in [-0.4, -0.2) is 23.3 Å². The highest BCUT2D eigenvalue weighted by Gasteiger charge is 2.12. The summed E-state index contributed by atoms with van der Waals surface area (Å²) in [7, 11) is 1.54. The number of carboxylic acid groups (broad SMARTS) is 1. The minimum atomic E-state index is -0.982. The van der Waals surface area contributed by atoms with Crippen molar-refractivity contribution in [2.45, 2.75) is 27.1 Å². The standard InChI is InChI=1S/C15H17NO5/c1-9-13(10(2)21-16-9)8-20-7-12-6-11(15(17)18)4-5-14(12)19-3/h4-6H,7-8H2,1-3H3,(H,17,18). The number of benzene rings is 1. The molecule has 1 aromatic carbocycles. The van der Waals surface area contributed by atoms with Gasteiger partial charge in [0.25, 0.3) is 0 Å². The van der Waals surface area contributed by atoms with Crippen molar-refractivity contribution in [1.82, 2.24) is 5.16 Å². The maximum absolute atomic E-state index is 11.0. The van der Waals surface area contributed by atoms with Gasteiger partial charge >= 0.3 is 5.97 Å². The monoisotopic (exact) mass is 291 g/mol. The summed E-state index contributed by atoms with van der Waals surface area (Å²) < 4.78 is 15.9. The van der Waals surface area contributed by atoms with Crippen LogP contribution >= 0.6 is 0 Å². The Hall–Kier alpha value is -2.34. The zero-order valence-corrected chi connectivity index (χ0v) is 12.2. The fourth-order valence-corrected chi connectivity index (χ4v) is 2.00. The molecular weight excluding hydrogens is 274 g/mol. The number of carbonyl (C=O) groups is 1. The lowest BCUT2D eigenvalue weighted by Crippen LogP contribution is -2.02. The predicted molar refractivity (Wildman–Crippen MR) is 74.4 cm³/mol. The van der Waals surface area contributed by atoms with E-state index in [1.54, 1.807) is 12.1 Å². The molecule has 21 heavy (non-hydrogen) atoms. The van der Waals surface area contributed by atoms with Gasteiger partial charge in [0.1, 0.15) is 11.5 Å². The number of aromatic nitrogens is 1. The molecular formula is C15H17NO5. The summed E-state index contributed by atoms with van der Waals surface area (Å²) in [4.78, 5) is 11.0. The molecule has 1 aromatic heterocycles. The molecule has 2 rings (SSSR count). The summed E-state index contributed by atoms with van der Waals surface area (Å²) >= 11 is 0. The van der Waals surface area contributed by atoms with Gasteiger partial charge in [-0.1, -0.05) is 5.16 Å². The number of aryl methyl sites for hydroxylation is 2. The van der Waals surface area contributed by atoms with Crippen LogP contribution in [0.25, 0.3) is 0 Å². The predicted octanol–water partition coefficient (Wildman–Crippen LogP) is 2.72. The quantitative estimate of drug-likeness (QED) is 0.881. The number of carboxylic acids is 1. The Labute approximate surface area is 122 Å². The molecule has 0 radical (unpaired) electrons. The van der Waals surface area contributed by atoms with E-state index in [1.165, 1.54) is 13.2 Å². The van der Waals surface area contributed by atoms with E-state index >= 15 is 0 Å². The Balaban J connectivity index is 2.08. The van der Waals surface area contributed by atoms with E-state index in [9.17, 15) is 4.79 Å². The number of aromatic carboxylic acids is 1. The molecule has 0 saturated carbocycles. The molecule has 0 aliphatic rings. The average Bonchev–Trinajstić information content (AvgIpc) is 2.78. The van der Waals surface area contributed by atoms with Crippen molar-refractivity contribution in [1.29, 1.82) is 0 Å². The molecule has 0 amide bonds. The van der Waals surface area contributed by atoms with Crippen LogP contribution in [0.15, 0.2) is 22.7 Å². The van der Waals surface area contributed by atoms with Gasteiger partial charge < -0.3 is 19.1 Å². The first-order valence-corrected chi connectivity index (χ1v) is 6.42. The number of hydrogen-bond acceptors (Lipinski definition) is 5. The minimum Gasteiger partial charge on any atom is -0.496 e. The van der Waals surface area contributed by atoms with E-state index in [2.05, 4.69) is 5.16 Å².